The Morgan fingerprint density at radius 3 is 2.57 bits per heavy atom. The highest BCUT2D eigenvalue weighted by molar-refractivity contribution is 6.06. The number of hydrogen-bond donors (Lipinski definition) is 1. The minimum absolute atomic E-state index is 0.0200. The predicted octanol–water partition coefficient (Wildman–Crippen LogP) is 3.32. The third kappa shape index (κ3) is 3.18. The van der Waals surface area contributed by atoms with Gasteiger partial charge in [-0.3, -0.25) is 4.79 Å². The van der Waals surface area contributed by atoms with Crippen molar-refractivity contribution in [3.05, 3.63) is 54.0 Å². The molecule has 5 heteroatoms. The van der Waals surface area contributed by atoms with Crippen LogP contribution in [0.4, 0.5) is 15.9 Å². The Hall–Kier alpha value is -2.43. The van der Waals surface area contributed by atoms with Crippen LogP contribution in [0.25, 0.3) is 0 Å². The summed E-state index contributed by atoms with van der Waals surface area (Å²) in [5.74, 6) is -0.881. The van der Waals surface area contributed by atoms with Crippen LogP contribution in [0.15, 0.2) is 42.6 Å². The van der Waals surface area contributed by atoms with Gasteiger partial charge in [0.1, 0.15) is 0 Å². The average Bonchev–Trinajstić information content (AvgIpc) is 2.51. The maximum atomic E-state index is 14.3. The summed E-state index contributed by atoms with van der Waals surface area (Å²) in [7, 11) is 0. The molecule has 0 spiro atoms. The summed E-state index contributed by atoms with van der Waals surface area (Å²) in [6.07, 6.45) is 1.44. The van der Waals surface area contributed by atoms with Gasteiger partial charge in [-0.15, -0.1) is 0 Å². The number of carbonyl (C=O) groups excluding carboxylic acids is 1. The molecular formula is C16H18FN3O. The number of nitrogens with one attached hydrogen (secondary N) is 1. The zero-order chi connectivity index (χ0) is 15.2. The van der Waals surface area contributed by atoms with E-state index in [1.807, 2.05) is 44.2 Å². The number of pyridine rings is 1. The Morgan fingerprint density at radius 1 is 1.24 bits per heavy atom. The smallest absolute Gasteiger partial charge is 0.261 e. The van der Waals surface area contributed by atoms with Crippen molar-refractivity contribution in [3.63, 3.8) is 0 Å². The minimum atomic E-state index is -0.612. The highest BCUT2D eigenvalue weighted by atomic mass is 19.1. The van der Waals surface area contributed by atoms with E-state index in [0.717, 1.165) is 5.69 Å². The first-order valence-electron chi connectivity index (χ1n) is 6.94. The summed E-state index contributed by atoms with van der Waals surface area (Å²) >= 11 is 0. The number of para-hydroxylation sites is 1. The van der Waals surface area contributed by atoms with Crippen molar-refractivity contribution >= 4 is 17.4 Å². The number of carbonyl (C=O) groups is 1. The Morgan fingerprint density at radius 2 is 1.95 bits per heavy atom. The van der Waals surface area contributed by atoms with Crippen LogP contribution in [-0.4, -0.2) is 24.0 Å². The first-order valence-corrected chi connectivity index (χ1v) is 6.94. The molecule has 0 fully saturated rings. The van der Waals surface area contributed by atoms with E-state index in [1.165, 1.54) is 17.2 Å². The fraction of sp³-hybridized carbons (Fsp3) is 0.250. The van der Waals surface area contributed by atoms with Gasteiger partial charge in [0.25, 0.3) is 5.91 Å². The van der Waals surface area contributed by atoms with Crippen LogP contribution >= 0.6 is 0 Å². The van der Waals surface area contributed by atoms with Gasteiger partial charge in [-0.1, -0.05) is 18.2 Å². The van der Waals surface area contributed by atoms with Gasteiger partial charge in [-0.25, -0.2) is 9.37 Å². The van der Waals surface area contributed by atoms with Gasteiger partial charge in [0.05, 0.1) is 5.56 Å². The number of aromatic nitrogens is 1. The van der Waals surface area contributed by atoms with Crippen molar-refractivity contribution in [2.45, 2.75) is 13.8 Å². The molecule has 1 N–H and O–H groups in total. The monoisotopic (exact) mass is 287 g/mol. The van der Waals surface area contributed by atoms with Crippen LogP contribution in [0.2, 0.25) is 0 Å². The third-order valence-corrected chi connectivity index (χ3v) is 3.09. The maximum absolute atomic E-state index is 14.3. The summed E-state index contributed by atoms with van der Waals surface area (Å²) in [6, 6.07) is 10.6. The third-order valence-electron chi connectivity index (χ3n) is 3.09. The summed E-state index contributed by atoms with van der Waals surface area (Å²) < 4.78 is 14.3. The molecule has 1 amide bonds. The lowest BCUT2D eigenvalue weighted by molar-refractivity contribution is 0.0984. The molecule has 21 heavy (non-hydrogen) atoms. The molecule has 110 valence electrons. The molecule has 2 aromatic rings. The van der Waals surface area contributed by atoms with E-state index in [2.05, 4.69) is 10.3 Å². The van der Waals surface area contributed by atoms with E-state index >= 15 is 0 Å². The molecule has 0 saturated carbocycles. The van der Waals surface area contributed by atoms with Crippen molar-refractivity contribution < 1.29 is 9.18 Å². The van der Waals surface area contributed by atoms with Crippen LogP contribution in [0, 0.1) is 5.82 Å². The lowest BCUT2D eigenvalue weighted by atomic mass is 10.2. The van der Waals surface area contributed by atoms with Crippen LogP contribution in [0.1, 0.15) is 24.2 Å². The lowest BCUT2D eigenvalue weighted by Crippen LogP contribution is -2.31. The van der Waals surface area contributed by atoms with Crippen molar-refractivity contribution in [2.75, 3.05) is 23.3 Å². The van der Waals surface area contributed by atoms with E-state index in [-0.39, 0.29) is 17.3 Å². The second-order valence-corrected chi connectivity index (χ2v) is 4.44. The zero-order valence-electron chi connectivity index (χ0n) is 12.1. The zero-order valence-corrected chi connectivity index (χ0v) is 12.1. The second-order valence-electron chi connectivity index (χ2n) is 4.44. The number of halogens is 1. The van der Waals surface area contributed by atoms with Gasteiger partial charge in [0, 0.05) is 25.0 Å². The van der Waals surface area contributed by atoms with Gasteiger partial charge < -0.3 is 10.2 Å². The highest BCUT2D eigenvalue weighted by Crippen LogP contribution is 2.20. The van der Waals surface area contributed by atoms with E-state index in [0.29, 0.717) is 13.1 Å². The van der Waals surface area contributed by atoms with Crippen LogP contribution in [0.5, 0.6) is 0 Å². The molecule has 0 bridgehead atoms. The average molecular weight is 287 g/mol. The summed E-state index contributed by atoms with van der Waals surface area (Å²) in [4.78, 5) is 18.0. The van der Waals surface area contributed by atoms with Crippen molar-refractivity contribution in [1.82, 2.24) is 4.98 Å². The topological polar surface area (TPSA) is 45.2 Å². The van der Waals surface area contributed by atoms with Gasteiger partial charge in [-0.2, -0.15) is 0 Å². The number of anilines is 2. The van der Waals surface area contributed by atoms with E-state index in [9.17, 15) is 9.18 Å². The molecule has 0 aliphatic heterocycles. The molecule has 1 heterocycles. The van der Waals surface area contributed by atoms with Crippen molar-refractivity contribution in [2.24, 2.45) is 0 Å². The number of rotatable bonds is 5. The van der Waals surface area contributed by atoms with Gasteiger partial charge in [0.2, 0.25) is 0 Å². The van der Waals surface area contributed by atoms with E-state index < -0.39 is 5.82 Å². The minimum Gasteiger partial charge on any atom is -0.368 e. The molecule has 0 unspecified atom stereocenters. The first-order chi connectivity index (χ1) is 10.2. The molecule has 1 aromatic carbocycles. The molecule has 1 aromatic heterocycles. The number of hydrogen-bond acceptors (Lipinski definition) is 3. The van der Waals surface area contributed by atoms with Crippen LogP contribution in [-0.2, 0) is 0 Å². The molecule has 0 aliphatic rings. The van der Waals surface area contributed by atoms with E-state index in [1.54, 1.807) is 0 Å². The fourth-order valence-electron chi connectivity index (χ4n) is 2.10. The molecular weight excluding hydrogens is 269 g/mol. The highest BCUT2D eigenvalue weighted by Gasteiger charge is 2.21. The fourth-order valence-corrected chi connectivity index (χ4v) is 2.10. The van der Waals surface area contributed by atoms with Crippen LogP contribution < -0.4 is 10.2 Å². The number of amides is 1. The molecule has 0 atom stereocenters. The Labute approximate surface area is 123 Å². The molecule has 0 aliphatic carbocycles. The van der Waals surface area contributed by atoms with E-state index in [4.69, 9.17) is 0 Å². The number of nitrogens with zero attached hydrogens (tertiary/aromatic N) is 2. The Balaban J connectivity index is 2.37. The van der Waals surface area contributed by atoms with Crippen LogP contribution in [0.3, 0.4) is 0 Å². The van der Waals surface area contributed by atoms with Crippen molar-refractivity contribution in [3.8, 4) is 0 Å². The summed E-state index contributed by atoms with van der Waals surface area (Å²) in [5, 5.41) is 2.81. The molecule has 2 rings (SSSR count). The standard InChI is InChI=1S/C16H18FN3O/c1-3-18-15-14(17)13(10-11-19-15)16(21)20(4-2)12-8-6-5-7-9-12/h5-11H,3-4H2,1-2H3,(H,18,19). The summed E-state index contributed by atoms with van der Waals surface area (Å²) in [5.41, 5.74) is 0.762. The normalized spacial score (nSPS) is 10.2. The Bertz CT molecular complexity index is 616. The molecule has 0 saturated heterocycles. The van der Waals surface area contributed by atoms with Gasteiger partial charge in [0.15, 0.2) is 11.6 Å². The maximum Gasteiger partial charge on any atom is 0.261 e. The lowest BCUT2D eigenvalue weighted by Gasteiger charge is -2.21. The predicted molar refractivity (Wildman–Crippen MR) is 82.2 cm³/mol. The quantitative estimate of drug-likeness (QED) is 0.917. The SMILES string of the molecule is CCNc1nccc(C(=O)N(CC)c2ccccc2)c1F. The second kappa shape index (κ2) is 6.83. The first kappa shape index (κ1) is 15.0. The van der Waals surface area contributed by atoms with Crippen molar-refractivity contribution in [1.29, 1.82) is 0 Å². The van der Waals surface area contributed by atoms with Gasteiger partial charge >= 0.3 is 0 Å². The largest absolute Gasteiger partial charge is 0.368 e. The molecule has 0 radical (unpaired) electrons. The van der Waals surface area contributed by atoms with Gasteiger partial charge in [-0.05, 0) is 32.0 Å². The molecule has 4 nitrogen and oxygen atoms in total. The Kier molecular flexibility index (Phi) is 4.87. The summed E-state index contributed by atoms with van der Waals surface area (Å²) in [6.45, 7) is 4.70. The number of benzene rings is 1.